The third-order valence-corrected chi connectivity index (χ3v) is 3.61. The van der Waals surface area contributed by atoms with Crippen LogP contribution < -0.4 is 16.0 Å². The zero-order valence-electron chi connectivity index (χ0n) is 9.88. The molecule has 0 amide bonds. The van der Waals surface area contributed by atoms with Crippen LogP contribution in [0.15, 0.2) is 23.8 Å². The number of hydrogen-bond acceptors (Lipinski definition) is 5. The van der Waals surface area contributed by atoms with Gasteiger partial charge in [0.2, 0.25) is 0 Å². The van der Waals surface area contributed by atoms with Crippen molar-refractivity contribution in [2.75, 3.05) is 7.11 Å². The highest BCUT2D eigenvalue weighted by atomic mass is 32.1. The molecule has 0 aliphatic heterocycles. The highest BCUT2D eigenvalue weighted by Crippen LogP contribution is 2.29. The zero-order chi connectivity index (χ0) is 12.3. The molecule has 0 saturated carbocycles. The fourth-order valence-electron chi connectivity index (χ4n) is 1.73. The maximum absolute atomic E-state index is 5.63. The van der Waals surface area contributed by atoms with Crippen molar-refractivity contribution in [2.24, 2.45) is 5.84 Å². The number of imidazole rings is 1. The Morgan fingerprint density at radius 3 is 3.06 bits per heavy atom. The van der Waals surface area contributed by atoms with Crippen molar-refractivity contribution in [1.82, 2.24) is 15.0 Å². The molecular weight excluding hydrogens is 236 g/mol. The molecular formula is C11H16N4OS. The molecule has 0 aliphatic carbocycles. The lowest BCUT2D eigenvalue weighted by atomic mass is 10.2. The molecule has 0 radical (unpaired) electrons. The molecule has 0 fully saturated rings. The van der Waals surface area contributed by atoms with Gasteiger partial charge in [-0.2, -0.15) is 0 Å². The van der Waals surface area contributed by atoms with Gasteiger partial charge in [-0.3, -0.25) is 5.84 Å². The molecule has 2 aromatic rings. The Kier molecular flexibility index (Phi) is 3.78. The van der Waals surface area contributed by atoms with Gasteiger partial charge in [0.25, 0.3) is 0 Å². The van der Waals surface area contributed by atoms with E-state index in [4.69, 9.17) is 10.6 Å². The number of rotatable bonds is 5. The van der Waals surface area contributed by atoms with Crippen LogP contribution in [0.5, 0.6) is 5.75 Å². The minimum absolute atomic E-state index is 0.0983. The minimum Gasteiger partial charge on any atom is -0.496 e. The molecule has 2 rings (SSSR count). The number of aryl methyl sites for hydroxylation is 1. The largest absolute Gasteiger partial charge is 0.496 e. The first-order valence-electron chi connectivity index (χ1n) is 5.39. The lowest BCUT2D eigenvalue weighted by Gasteiger charge is -2.15. The van der Waals surface area contributed by atoms with Crippen molar-refractivity contribution in [3.05, 3.63) is 34.5 Å². The summed E-state index contributed by atoms with van der Waals surface area (Å²) in [6.45, 7) is 2.95. The Bertz CT molecular complexity index is 479. The van der Waals surface area contributed by atoms with Crippen LogP contribution in [0, 0.1) is 0 Å². The van der Waals surface area contributed by atoms with Crippen LogP contribution in [0.3, 0.4) is 0 Å². The van der Waals surface area contributed by atoms with Gasteiger partial charge >= 0.3 is 0 Å². The molecule has 1 unspecified atom stereocenters. The van der Waals surface area contributed by atoms with E-state index < -0.39 is 0 Å². The molecule has 0 bridgehead atoms. The Hall–Kier alpha value is -1.37. The molecule has 3 N–H and O–H groups in total. The number of nitrogens with zero attached hydrogens (tertiary/aromatic N) is 2. The SMILES string of the molecule is CCn1ccnc1C(NN)c1cc(OC)cs1. The Morgan fingerprint density at radius 1 is 1.65 bits per heavy atom. The molecule has 0 aromatic carbocycles. The summed E-state index contributed by atoms with van der Waals surface area (Å²) in [6, 6.07) is 1.88. The van der Waals surface area contributed by atoms with Gasteiger partial charge in [0.05, 0.1) is 7.11 Å². The standard InChI is InChI=1S/C11H16N4OS/c1-3-15-5-4-13-11(15)10(14-12)9-6-8(16-2)7-17-9/h4-7,10,14H,3,12H2,1-2H3. The average molecular weight is 252 g/mol. The van der Waals surface area contributed by atoms with Gasteiger partial charge in [0.15, 0.2) is 0 Å². The van der Waals surface area contributed by atoms with Crippen molar-refractivity contribution in [1.29, 1.82) is 0 Å². The van der Waals surface area contributed by atoms with Crippen LogP contribution in [-0.4, -0.2) is 16.7 Å². The molecule has 5 nitrogen and oxygen atoms in total. The molecule has 0 spiro atoms. The van der Waals surface area contributed by atoms with Crippen molar-refractivity contribution in [3.63, 3.8) is 0 Å². The summed E-state index contributed by atoms with van der Waals surface area (Å²) < 4.78 is 7.24. The number of nitrogens with one attached hydrogen (secondary N) is 1. The Labute approximate surface area is 104 Å². The topological polar surface area (TPSA) is 65.1 Å². The number of thiophene rings is 1. The second kappa shape index (κ2) is 5.31. The van der Waals surface area contributed by atoms with Crippen molar-refractivity contribution in [3.8, 4) is 5.75 Å². The number of methoxy groups -OCH3 is 1. The highest BCUT2D eigenvalue weighted by Gasteiger charge is 2.19. The second-order valence-corrected chi connectivity index (χ2v) is 4.50. The van der Waals surface area contributed by atoms with Crippen molar-refractivity contribution < 1.29 is 4.74 Å². The maximum atomic E-state index is 5.63. The molecule has 2 aromatic heterocycles. The van der Waals surface area contributed by atoms with Crippen LogP contribution >= 0.6 is 11.3 Å². The fraction of sp³-hybridized carbons (Fsp3) is 0.364. The van der Waals surface area contributed by atoms with Crippen LogP contribution in [0.4, 0.5) is 0 Å². The Balaban J connectivity index is 2.33. The molecule has 0 aliphatic rings. The van der Waals surface area contributed by atoms with Gasteiger partial charge in [-0.1, -0.05) is 0 Å². The third-order valence-electron chi connectivity index (χ3n) is 2.63. The van der Waals surface area contributed by atoms with Gasteiger partial charge in [-0.15, -0.1) is 11.3 Å². The summed E-state index contributed by atoms with van der Waals surface area (Å²) in [4.78, 5) is 5.44. The second-order valence-electron chi connectivity index (χ2n) is 3.56. The molecule has 17 heavy (non-hydrogen) atoms. The lowest BCUT2D eigenvalue weighted by Crippen LogP contribution is -2.30. The van der Waals surface area contributed by atoms with Gasteiger partial charge in [0, 0.05) is 29.2 Å². The van der Waals surface area contributed by atoms with Gasteiger partial charge in [-0.25, -0.2) is 10.4 Å². The molecule has 92 valence electrons. The average Bonchev–Trinajstić information content (AvgIpc) is 2.99. The van der Waals surface area contributed by atoms with Crippen molar-refractivity contribution >= 4 is 11.3 Å². The van der Waals surface area contributed by atoms with Crippen molar-refractivity contribution in [2.45, 2.75) is 19.5 Å². The first-order valence-corrected chi connectivity index (χ1v) is 6.27. The van der Waals surface area contributed by atoms with E-state index in [0.29, 0.717) is 0 Å². The third kappa shape index (κ3) is 2.33. The van der Waals surface area contributed by atoms with E-state index in [0.717, 1.165) is 23.0 Å². The summed E-state index contributed by atoms with van der Waals surface area (Å²) in [5.74, 6) is 7.40. The smallest absolute Gasteiger partial charge is 0.132 e. The molecule has 0 saturated heterocycles. The summed E-state index contributed by atoms with van der Waals surface area (Å²) in [5.41, 5.74) is 2.80. The number of hydrogen-bond donors (Lipinski definition) is 2. The summed E-state index contributed by atoms with van der Waals surface area (Å²) >= 11 is 1.60. The first kappa shape index (κ1) is 12.1. The van der Waals surface area contributed by atoms with Gasteiger partial charge in [0.1, 0.15) is 17.6 Å². The highest BCUT2D eigenvalue weighted by molar-refractivity contribution is 7.10. The van der Waals surface area contributed by atoms with Gasteiger partial charge in [-0.05, 0) is 13.0 Å². The van der Waals surface area contributed by atoms with Crippen LogP contribution in [0.25, 0.3) is 0 Å². The predicted octanol–water partition coefficient (Wildman–Crippen LogP) is 1.53. The predicted molar refractivity (Wildman–Crippen MR) is 67.9 cm³/mol. The number of aromatic nitrogens is 2. The monoisotopic (exact) mass is 252 g/mol. The molecule has 6 heteroatoms. The first-order chi connectivity index (χ1) is 8.30. The van der Waals surface area contributed by atoms with E-state index in [2.05, 4.69) is 21.9 Å². The maximum Gasteiger partial charge on any atom is 0.132 e. The van der Waals surface area contributed by atoms with Gasteiger partial charge < -0.3 is 9.30 Å². The number of ether oxygens (including phenoxy) is 1. The van der Waals surface area contributed by atoms with E-state index >= 15 is 0 Å². The quantitative estimate of drug-likeness (QED) is 0.625. The minimum atomic E-state index is -0.0983. The fourth-order valence-corrected chi connectivity index (χ4v) is 2.64. The van der Waals surface area contributed by atoms with Crippen LogP contribution in [0.2, 0.25) is 0 Å². The lowest BCUT2D eigenvalue weighted by molar-refractivity contribution is 0.416. The van der Waals surface area contributed by atoms with E-state index in [1.807, 2.05) is 17.6 Å². The normalized spacial score (nSPS) is 12.6. The zero-order valence-corrected chi connectivity index (χ0v) is 10.7. The summed E-state index contributed by atoms with van der Waals surface area (Å²) in [5, 5.41) is 1.96. The Morgan fingerprint density at radius 2 is 2.47 bits per heavy atom. The summed E-state index contributed by atoms with van der Waals surface area (Å²) in [7, 11) is 1.66. The van der Waals surface area contributed by atoms with E-state index in [-0.39, 0.29) is 6.04 Å². The van der Waals surface area contributed by atoms with Crippen LogP contribution in [-0.2, 0) is 6.54 Å². The summed E-state index contributed by atoms with van der Waals surface area (Å²) in [6.07, 6.45) is 3.73. The van der Waals surface area contributed by atoms with E-state index in [9.17, 15) is 0 Å². The van der Waals surface area contributed by atoms with E-state index in [1.165, 1.54) is 0 Å². The molecule has 2 heterocycles. The van der Waals surface area contributed by atoms with Crippen LogP contribution in [0.1, 0.15) is 23.7 Å². The number of nitrogens with two attached hydrogens (primary N) is 1. The number of hydrazine groups is 1. The molecule has 1 atom stereocenters. The van der Waals surface area contributed by atoms with E-state index in [1.54, 1.807) is 24.6 Å².